The van der Waals surface area contributed by atoms with Crippen molar-refractivity contribution in [2.45, 2.75) is 25.7 Å². The van der Waals surface area contributed by atoms with Gasteiger partial charge in [-0.1, -0.05) is 0 Å². The lowest BCUT2D eigenvalue weighted by Gasteiger charge is -2.21. The maximum absolute atomic E-state index is 14.3. The van der Waals surface area contributed by atoms with Gasteiger partial charge in [0.2, 0.25) is 5.91 Å². The molecule has 24 heavy (non-hydrogen) atoms. The topological polar surface area (TPSA) is 89.2 Å². The van der Waals surface area contributed by atoms with Crippen molar-refractivity contribution in [3.63, 3.8) is 0 Å². The van der Waals surface area contributed by atoms with Crippen LogP contribution in [0.25, 0.3) is 11.0 Å². The summed E-state index contributed by atoms with van der Waals surface area (Å²) in [6.07, 6.45) is 5.65. The van der Waals surface area contributed by atoms with E-state index in [0.717, 1.165) is 12.8 Å². The van der Waals surface area contributed by atoms with E-state index in [0.29, 0.717) is 37.0 Å². The first kappa shape index (κ1) is 16.3. The molecular weight excluding hydrogens is 311 g/mol. The summed E-state index contributed by atoms with van der Waals surface area (Å²) in [4.78, 5) is 33.6. The molecule has 7 heteroatoms. The molecule has 1 fully saturated rings. The van der Waals surface area contributed by atoms with Gasteiger partial charge in [-0.2, -0.15) is 0 Å². The Morgan fingerprint density at radius 1 is 1.17 bits per heavy atom. The van der Waals surface area contributed by atoms with E-state index in [2.05, 4.69) is 9.97 Å². The molecule has 0 unspecified atom stereocenters. The summed E-state index contributed by atoms with van der Waals surface area (Å²) >= 11 is 0. The van der Waals surface area contributed by atoms with E-state index in [1.807, 2.05) is 0 Å². The highest BCUT2D eigenvalue weighted by Crippen LogP contribution is 2.23. The van der Waals surface area contributed by atoms with Gasteiger partial charge in [-0.25, -0.2) is 4.39 Å². The van der Waals surface area contributed by atoms with Crippen LogP contribution < -0.4 is 5.73 Å². The lowest BCUT2D eigenvalue weighted by Crippen LogP contribution is -2.32. The number of nitrogens with two attached hydrogens (primary N) is 1. The molecule has 126 valence electrons. The van der Waals surface area contributed by atoms with Gasteiger partial charge in [-0.3, -0.25) is 19.6 Å². The number of fused-ring (bicyclic) bond motifs is 1. The Kier molecular flexibility index (Phi) is 4.69. The number of likely N-dealkylation sites (tertiary alicyclic amines) is 1. The molecule has 1 aliphatic heterocycles. The van der Waals surface area contributed by atoms with Crippen LogP contribution in [0.15, 0.2) is 24.5 Å². The van der Waals surface area contributed by atoms with E-state index >= 15 is 0 Å². The Balaban J connectivity index is 1.79. The number of benzene rings is 1. The van der Waals surface area contributed by atoms with Crippen LogP contribution in [-0.2, 0) is 4.79 Å². The van der Waals surface area contributed by atoms with Gasteiger partial charge in [0.05, 0.1) is 16.6 Å². The van der Waals surface area contributed by atoms with Gasteiger partial charge in [0.15, 0.2) is 0 Å². The molecule has 0 aliphatic carbocycles. The summed E-state index contributed by atoms with van der Waals surface area (Å²) in [5.74, 6) is -1.07. The minimum atomic E-state index is -0.592. The number of halogens is 1. The van der Waals surface area contributed by atoms with Gasteiger partial charge >= 0.3 is 0 Å². The van der Waals surface area contributed by atoms with Crippen molar-refractivity contribution >= 4 is 22.8 Å². The molecule has 1 aromatic carbocycles. The van der Waals surface area contributed by atoms with E-state index in [1.165, 1.54) is 24.5 Å². The standard InChI is InChI=1S/C17H19FN4O2/c18-13-10-15-14(20-4-5-21-15)9-12(13)17(24)22-6-1-2-11(3-7-22)8-16(19)23/h4-5,9-11H,1-3,6-8H2,(H2,19,23)/t11-/m1/s1. The Morgan fingerprint density at radius 3 is 2.58 bits per heavy atom. The first-order valence-corrected chi connectivity index (χ1v) is 8.02. The van der Waals surface area contributed by atoms with Crippen molar-refractivity contribution in [3.05, 3.63) is 35.9 Å². The smallest absolute Gasteiger partial charge is 0.256 e. The lowest BCUT2D eigenvalue weighted by atomic mass is 9.97. The molecule has 2 N–H and O–H groups in total. The van der Waals surface area contributed by atoms with Crippen LogP contribution in [0.3, 0.4) is 0 Å². The number of nitrogens with zero attached hydrogens (tertiary/aromatic N) is 3. The van der Waals surface area contributed by atoms with Crippen LogP contribution >= 0.6 is 0 Å². The molecule has 2 amide bonds. The van der Waals surface area contributed by atoms with Gasteiger partial charge in [-0.15, -0.1) is 0 Å². The number of primary amides is 1. The quantitative estimate of drug-likeness (QED) is 0.930. The van der Waals surface area contributed by atoms with Crippen molar-refractivity contribution < 1.29 is 14.0 Å². The Labute approximate surface area is 138 Å². The average molecular weight is 330 g/mol. The molecule has 1 aromatic heterocycles. The normalized spacial score (nSPS) is 18.4. The Hall–Kier alpha value is -2.57. The molecule has 0 saturated carbocycles. The van der Waals surface area contributed by atoms with Crippen molar-refractivity contribution in [1.29, 1.82) is 0 Å². The van der Waals surface area contributed by atoms with Crippen LogP contribution in [0, 0.1) is 11.7 Å². The van der Waals surface area contributed by atoms with Crippen LogP contribution in [0.4, 0.5) is 4.39 Å². The number of hydrogen-bond acceptors (Lipinski definition) is 4. The second kappa shape index (κ2) is 6.90. The fourth-order valence-corrected chi connectivity index (χ4v) is 3.18. The molecule has 2 heterocycles. The van der Waals surface area contributed by atoms with Crippen LogP contribution in [0.2, 0.25) is 0 Å². The highest BCUT2D eigenvalue weighted by atomic mass is 19.1. The highest BCUT2D eigenvalue weighted by Gasteiger charge is 2.24. The van der Waals surface area contributed by atoms with Crippen LogP contribution in [-0.4, -0.2) is 39.8 Å². The zero-order valence-corrected chi connectivity index (χ0v) is 13.2. The fourth-order valence-electron chi connectivity index (χ4n) is 3.18. The third-order valence-corrected chi connectivity index (χ3v) is 4.41. The van der Waals surface area contributed by atoms with Crippen molar-refractivity contribution in [3.8, 4) is 0 Å². The number of carbonyl (C=O) groups excluding carboxylic acids is 2. The average Bonchev–Trinajstić information content (AvgIpc) is 2.78. The van der Waals surface area contributed by atoms with Crippen molar-refractivity contribution in [2.75, 3.05) is 13.1 Å². The van der Waals surface area contributed by atoms with E-state index < -0.39 is 5.82 Å². The molecular formula is C17H19FN4O2. The number of hydrogen-bond donors (Lipinski definition) is 1. The number of carbonyl (C=O) groups is 2. The molecule has 2 aromatic rings. The van der Waals surface area contributed by atoms with E-state index in [-0.39, 0.29) is 23.3 Å². The van der Waals surface area contributed by atoms with Gasteiger partial charge in [0, 0.05) is 38.0 Å². The van der Waals surface area contributed by atoms with Gasteiger partial charge in [0.1, 0.15) is 5.82 Å². The summed E-state index contributed by atoms with van der Waals surface area (Å²) in [5.41, 5.74) is 6.17. The van der Waals surface area contributed by atoms with Gasteiger partial charge < -0.3 is 10.6 Å². The number of rotatable bonds is 3. The maximum Gasteiger partial charge on any atom is 0.256 e. The molecule has 0 radical (unpaired) electrons. The first-order chi connectivity index (χ1) is 11.5. The number of amides is 2. The Bertz CT molecular complexity index is 780. The van der Waals surface area contributed by atoms with E-state index in [4.69, 9.17) is 5.73 Å². The third kappa shape index (κ3) is 3.50. The minimum absolute atomic E-state index is 0.0105. The Morgan fingerprint density at radius 2 is 1.88 bits per heavy atom. The lowest BCUT2D eigenvalue weighted by molar-refractivity contribution is -0.119. The van der Waals surface area contributed by atoms with E-state index in [9.17, 15) is 14.0 Å². The molecule has 1 saturated heterocycles. The van der Waals surface area contributed by atoms with Crippen molar-refractivity contribution in [1.82, 2.24) is 14.9 Å². The maximum atomic E-state index is 14.3. The van der Waals surface area contributed by atoms with Crippen LogP contribution in [0.5, 0.6) is 0 Å². The van der Waals surface area contributed by atoms with Crippen molar-refractivity contribution in [2.24, 2.45) is 11.7 Å². The second-order valence-electron chi connectivity index (χ2n) is 6.14. The van der Waals surface area contributed by atoms with Gasteiger partial charge in [-0.05, 0) is 31.2 Å². The SMILES string of the molecule is NC(=O)C[C@@H]1CCCN(C(=O)c2cc3nccnc3cc2F)CC1. The first-order valence-electron chi connectivity index (χ1n) is 8.02. The molecule has 0 spiro atoms. The molecule has 3 rings (SSSR count). The summed E-state index contributed by atoms with van der Waals surface area (Å²) in [6.45, 7) is 1.04. The molecule has 1 aliphatic rings. The zero-order valence-electron chi connectivity index (χ0n) is 13.2. The van der Waals surface area contributed by atoms with E-state index in [1.54, 1.807) is 4.90 Å². The summed E-state index contributed by atoms with van der Waals surface area (Å²) in [5, 5.41) is 0. The summed E-state index contributed by atoms with van der Waals surface area (Å²) in [7, 11) is 0. The number of aromatic nitrogens is 2. The summed E-state index contributed by atoms with van der Waals surface area (Å²) < 4.78 is 14.3. The largest absolute Gasteiger partial charge is 0.370 e. The predicted octanol–water partition coefficient (Wildman–Crippen LogP) is 1.89. The van der Waals surface area contributed by atoms with Crippen LogP contribution in [0.1, 0.15) is 36.0 Å². The predicted molar refractivity (Wildman–Crippen MR) is 86.6 cm³/mol. The molecule has 0 bridgehead atoms. The monoisotopic (exact) mass is 330 g/mol. The summed E-state index contributed by atoms with van der Waals surface area (Å²) in [6, 6.07) is 2.69. The highest BCUT2D eigenvalue weighted by molar-refractivity contribution is 5.97. The molecule has 6 nitrogen and oxygen atoms in total. The zero-order chi connectivity index (χ0) is 17.1. The molecule has 1 atom stereocenters. The fraction of sp³-hybridized carbons (Fsp3) is 0.412. The third-order valence-electron chi connectivity index (χ3n) is 4.41. The second-order valence-corrected chi connectivity index (χ2v) is 6.14. The minimum Gasteiger partial charge on any atom is -0.370 e. The van der Waals surface area contributed by atoms with Gasteiger partial charge in [0.25, 0.3) is 5.91 Å².